The SMILES string of the molecule is Cc1ccc(NC(N)=NCc2ccccc2S(=O)(=O)NC(C)(C)C)cc1.I. The molecule has 6 nitrogen and oxygen atoms in total. The molecule has 0 unspecified atom stereocenters. The first-order valence-corrected chi connectivity index (χ1v) is 9.81. The number of benzene rings is 2. The smallest absolute Gasteiger partial charge is 0.241 e. The first-order chi connectivity index (χ1) is 12.1. The Hall–Kier alpha value is -1.65. The number of hydrogen-bond donors (Lipinski definition) is 3. The molecule has 0 aliphatic heterocycles. The van der Waals surface area contributed by atoms with Crippen LogP contribution in [0.4, 0.5) is 5.69 Å². The number of halogens is 1. The molecule has 0 radical (unpaired) electrons. The van der Waals surface area contributed by atoms with Crippen LogP contribution in [0.5, 0.6) is 0 Å². The lowest BCUT2D eigenvalue weighted by atomic mass is 10.1. The molecule has 0 aromatic heterocycles. The fourth-order valence-electron chi connectivity index (χ4n) is 2.35. The van der Waals surface area contributed by atoms with E-state index in [4.69, 9.17) is 5.73 Å². The molecule has 0 fully saturated rings. The van der Waals surface area contributed by atoms with Gasteiger partial charge in [-0.05, 0) is 51.5 Å². The van der Waals surface area contributed by atoms with Crippen molar-refractivity contribution in [2.45, 2.75) is 44.7 Å². The maximum atomic E-state index is 12.6. The van der Waals surface area contributed by atoms with E-state index in [-0.39, 0.29) is 41.4 Å². The lowest BCUT2D eigenvalue weighted by Gasteiger charge is -2.21. The van der Waals surface area contributed by atoms with Gasteiger partial charge in [0.15, 0.2) is 5.96 Å². The summed E-state index contributed by atoms with van der Waals surface area (Å²) in [5, 5.41) is 3.00. The van der Waals surface area contributed by atoms with Gasteiger partial charge in [-0.3, -0.25) is 0 Å². The molecule has 0 bridgehead atoms. The predicted octanol–water partition coefficient (Wildman–Crippen LogP) is 3.62. The summed E-state index contributed by atoms with van der Waals surface area (Å²) < 4.78 is 27.9. The van der Waals surface area contributed by atoms with Crippen LogP contribution in [0.3, 0.4) is 0 Å². The van der Waals surface area contributed by atoms with E-state index in [9.17, 15) is 8.42 Å². The predicted molar refractivity (Wildman–Crippen MR) is 122 cm³/mol. The van der Waals surface area contributed by atoms with E-state index in [0.29, 0.717) is 5.56 Å². The van der Waals surface area contributed by atoms with E-state index < -0.39 is 15.6 Å². The van der Waals surface area contributed by atoms with Crippen molar-refractivity contribution in [3.05, 3.63) is 59.7 Å². The van der Waals surface area contributed by atoms with Crippen LogP contribution in [0.2, 0.25) is 0 Å². The lowest BCUT2D eigenvalue weighted by molar-refractivity contribution is 0.491. The van der Waals surface area contributed by atoms with Gasteiger partial charge in [0.1, 0.15) is 0 Å². The van der Waals surface area contributed by atoms with Crippen molar-refractivity contribution in [1.82, 2.24) is 4.72 Å². The van der Waals surface area contributed by atoms with Crippen LogP contribution in [-0.2, 0) is 16.6 Å². The van der Waals surface area contributed by atoms with E-state index in [0.717, 1.165) is 11.3 Å². The van der Waals surface area contributed by atoms with Crippen LogP contribution < -0.4 is 15.8 Å². The molecule has 4 N–H and O–H groups in total. The molecule has 0 heterocycles. The van der Waals surface area contributed by atoms with Gasteiger partial charge in [-0.15, -0.1) is 24.0 Å². The standard InChI is InChI=1S/C19H26N4O2S.HI/c1-14-9-11-16(12-10-14)22-18(20)21-13-15-7-5-6-8-17(15)26(24,25)23-19(2,3)4;/h5-12,23H,13H2,1-4H3,(H3,20,21,22);1H. The molecule has 2 aromatic rings. The molecule has 27 heavy (non-hydrogen) atoms. The highest BCUT2D eigenvalue weighted by Crippen LogP contribution is 2.18. The van der Waals surface area contributed by atoms with Crippen LogP contribution in [0.25, 0.3) is 0 Å². The maximum Gasteiger partial charge on any atom is 0.241 e. The van der Waals surface area contributed by atoms with E-state index in [1.54, 1.807) is 45.0 Å². The summed E-state index contributed by atoms with van der Waals surface area (Å²) in [5.41, 5.74) is 7.92. The highest BCUT2D eigenvalue weighted by Gasteiger charge is 2.24. The quantitative estimate of drug-likeness (QED) is 0.331. The van der Waals surface area contributed by atoms with Crippen molar-refractivity contribution >= 4 is 45.6 Å². The normalized spacial score (nSPS) is 12.4. The van der Waals surface area contributed by atoms with Gasteiger partial charge in [0.2, 0.25) is 10.0 Å². The summed E-state index contributed by atoms with van der Waals surface area (Å²) in [6.45, 7) is 7.56. The van der Waals surface area contributed by atoms with Crippen LogP contribution in [0, 0.1) is 6.92 Å². The first kappa shape index (κ1) is 23.4. The van der Waals surface area contributed by atoms with E-state index >= 15 is 0 Å². The van der Waals surface area contributed by atoms with Gasteiger partial charge in [-0.2, -0.15) is 0 Å². The third-order valence-electron chi connectivity index (χ3n) is 3.45. The van der Waals surface area contributed by atoms with Crippen molar-refractivity contribution in [3.63, 3.8) is 0 Å². The molecule has 0 saturated carbocycles. The Morgan fingerprint density at radius 1 is 1.07 bits per heavy atom. The van der Waals surface area contributed by atoms with Crippen LogP contribution >= 0.6 is 24.0 Å². The van der Waals surface area contributed by atoms with Crippen molar-refractivity contribution in [2.24, 2.45) is 10.7 Å². The number of nitrogens with zero attached hydrogens (tertiary/aromatic N) is 1. The fraction of sp³-hybridized carbons (Fsp3) is 0.316. The number of hydrogen-bond acceptors (Lipinski definition) is 3. The number of guanidine groups is 1. The molecular formula is C19H27IN4O2S. The number of rotatable bonds is 5. The molecule has 2 rings (SSSR count). The minimum absolute atomic E-state index is 0. The summed E-state index contributed by atoms with van der Waals surface area (Å²) in [7, 11) is -3.64. The van der Waals surface area contributed by atoms with Crippen LogP contribution in [-0.4, -0.2) is 19.9 Å². The van der Waals surface area contributed by atoms with E-state index in [1.165, 1.54) is 0 Å². The third-order valence-corrected chi connectivity index (χ3v) is 5.30. The van der Waals surface area contributed by atoms with Gasteiger partial charge in [0.25, 0.3) is 0 Å². The average molecular weight is 502 g/mol. The number of nitrogens with two attached hydrogens (primary N) is 1. The molecule has 148 valence electrons. The Labute approximate surface area is 178 Å². The minimum Gasteiger partial charge on any atom is -0.370 e. The van der Waals surface area contributed by atoms with Crippen molar-refractivity contribution < 1.29 is 8.42 Å². The van der Waals surface area contributed by atoms with Crippen LogP contribution in [0.15, 0.2) is 58.4 Å². The van der Waals surface area contributed by atoms with Gasteiger partial charge in [-0.25, -0.2) is 18.1 Å². The highest BCUT2D eigenvalue weighted by atomic mass is 127. The van der Waals surface area contributed by atoms with Gasteiger partial charge >= 0.3 is 0 Å². The maximum absolute atomic E-state index is 12.6. The molecule has 0 atom stereocenters. The number of aliphatic imine (C=N–C) groups is 1. The molecule has 0 aliphatic carbocycles. The zero-order chi connectivity index (χ0) is 19.4. The topological polar surface area (TPSA) is 96.6 Å². The zero-order valence-electron chi connectivity index (χ0n) is 16.0. The van der Waals surface area contributed by atoms with Gasteiger partial charge < -0.3 is 11.1 Å². The molecule has 0 saturated heterocycles. The zero-order valence-corrected chi connectivity index (χ0v) is 19.1. The fourth-order valence-corrected chi connectivity index (χ4v) is 4.00. The number of sulfonamides is 1. The Kier molecular flexibility index (Phi) is 8.24. The monoisotopic (exact) mass is 502 g/mol. The second-order valence-corrected chi connectivity index (χ2v) is 8.81. The van der Waals surface area contributed by atoms with Gasteiger partial charge in [-0.1, -0.05) is 35.9 Å². The van der Waals surface area contributed by atoms with Crippen molar-refractivity contribution in [3.8, 4) is 0 Å². The minimum atomic E-state index is -3.64. The number of aryl methyl sites for hydroxylation is 1. The Bertz CT molecular complexity index is 889. The Morgan fingerprint density at radius 3 is 2.26 bits per heavy atom. The summed E-state index contributed by atoms with van der Waals surface area (Å²) in [6, 6.07) is 14.5. The largest absolute Gasteiger partial charge is 0.370 e. The first-order valence-electron chi connectivity index (χ1n) is 8.32. The number of nitrogens with one attached hydrogen (secondary N) is 2. The lowest BCUT2D eigenvalue weighted by Crippen LogP contribution is -2.40. The highest BCUT2D eigenvalue weighted by molar-refractivity contribution is 14.0. The third kappa shape index (κ3) is 7.47. The van der Waals surface area contributed by atoms with Gasteiger partial charge in [0, 0.05) is 11.2 Å². The summed E-state index contributed by atoms with van der Waals surface area (Å²) >= 11 is 0. The molecular weight excluding hydrogens is 475 g/mol. The van der Waals surface area contributed by atoms with Crippen molar-refractivity contribution in [2.75, 3.05) is 5.32 Å². The molecule has 8 heteroatoms. The average Bonchev–Trinajstić information content (AvgIpc) is 2.53. The second-order valence-electron chi connectivity index (χ2n) is 7.16. The summed E-state index contributed by atoms with van der Waals surface area (Å²) in [6.07, 6.45) is 0. The summed E-state index contributed by atoms with van der Waals surface area (Å²) in [4.78, 5) is 4.48. The molecule has 0 spiro atoms. The Balaban J connectivity index is 0.00000364. The molecule has 0 amide bonds. The van der Waals surface area contributed by atoms with E-state index in [2.05, 4.69) is 15.0 Å². The van der Waals surface area contributed by atoms with Gasteiger partial charge in [0.05, 0.1) is 11.4 Å². The van der Waals surface area contributed by atoms with Crippen LogP contribution in [0.1, 0.15) is 31.9 Å². The summed E-state index contributed by atoms with van der Waals surface area (Å²) in [5.74, 6) is 0.227. The number of anilines is 1. The van der Waals surface area contributed by atoms with E-state index in [1.807, 2.05) is 31.2 Å². The molecule has 2 aromatic carbocycles. The Morgan fingerprint density at radius 2 is 1.67 bits per heavy atom. The molecule has 0 aliphatic rings. The van der Waals surface area contributed by atoms with Crippen molar-refractivity contribution in [1.29, 1.82) is 0 Å². The second kappa shape index (κ2) is 9.52.